The first kappa shape index (κ1) is 12.9. The number of carbonyl (C=O) groups excluding carboxylic acids is 1. The summed E-state index contributed by atoms with van der Waals surface area (Å²) in [6, 6.07) is 5.22. The molecule has 18 heavy (non-hydrogen) atoms. The number of aryl methyl sites for hydroxylation is 1. The number of aliphatic imine (C=N–C) groups is 1. The molecule has 2 rings (SSSR count). The number of rotatable bonds is 2. The third-order valence-electron chi connectivity index (χ3n) is 2.70. The molecular weight excluding hydrogens is 250 g/mol. The van der Waals surface area contributed by atoms with E-state index < -0.39 is 6.04 Å². The second-order valence-electron chi connectivity index (χ2n) is 4.67. The summed E-state index contributed by atoms with van der Waals surface area (Å²) < 4.78 is 0. The van der Waals surface area contributed by atoms with Crippen molar-refractivity contribution in [2.24, 2.45) is 4.99 Å². The minimum absolute atomic E-state index is 0.108. The lowest BCUT2D eigenvalue weighted by molar-refractivity contribution is -0.120. The van der Waals surface area contributed by atoms with Crippen LogP contribution in [0.2, 0.25) is 5.02 Å². The van der Waals surface area contributed by atoms with Crippen LogP contribution in [0.15, 0.2) is 23.2 Å². The van der Waals surface area contributed by atoms with Crippen LogP contribution < -0.4 is 10.6 Å². The molecule has 1 aliphatic rings. The van der Waals surface area contributed by atoms with Crippen LogP contribution in [0.4, 0.5) is 0 Å². The molecule has 1 aromatic rings. The van der Waals surface area contributed by atoms with E-state index in [9.17, 15) is 4.79 Å². The second kappa shape index (κ2) is 4.98. The van der Waals surface area contributed by atoms with Gasteiger partial charge in [-0.3, -0.25) is 10.1 Å². The van der Waals surface area contributed by atoms with Crippen LogP contribution in [-0.4, -0.2) is 17.9 Å². The molecule has 1 aromatic carbocycles. The van der Waals surface area contributed by atoms with Crippen LogP contribution in [0.3, 0.4) is 0 Å². The normalized spacial score (nSPS) is 18.8. The highest BCUT2D eigenvalue weighted by molar-refractivity contribution is 6.30. The lowest BCUT2D eigenvalue weighted by atomic mass is 10.0. The summed E-state index contributed by atoms with van der Waals surface area (Å²) in [5, 5.41) is 6.50. The molecule has 96 valence electrons. The molecule has 0 aromatic heterocycles. The molecule has 4 nitrogen and oxygen atoms in total. The van der Waals surface area contributed by atoms with Crippen molar-refractivity contribution < 1.29 is 4.79 Å². The van der Waals surface area contributed by atoms with Crippen LogP contribution in [0, 0.1) is 6.92 Å². The fourth-order valence-electron chi connectivity index (χ4n) is 1.91. The Balaban J connectivity index is 2.27. The number of guanidine groups is 1. The van der Waals surface area contributed by atoms with Gasteiger partial charge < -0.3 is 5.32 Å². The molecular formula is C13H16ClN3O. The fraction of sp³-hybridized carbons (Fsp3) is 0.385. The Hall–Kier alpha value is -1.55. The van der Waals surface area contributed by atoms with Gasteiger partial charge in [0, 0.05) is 11.1 Å². The summed E-state index contributed by atoms with van der Waals surface area (Å²) in [5.41, 5.74) is 1.86. The van der Waals surface area contributed by atoms with Gasteiger partial charge in [-0.2, -0.15) is 0 Å². The van der Waals surface area contributed by atoms with E-state index in [1.165, 1.54) is 0 Å². The Morgan fingerprint density at radius 3 is 2.78 bits per heavy atom. The lowest BCUT2D eigenvalue weighted by Crippen LogP contribution is -2.40. The van der Waals surface area contributed by atoms with Crippen LogP contribution in [-0.2, 0) is 4.79 Å². The van der Waals surface area contributed by atoms with Gasteiger partial charge in [0.1, 0.15) is 0 Å². The maximum absolute atomic E-state index is 11.9. The van der Waals surface area contributed by atoms with E-state index in [1.54, 1.807) is 6.07 Å². The summed E-state index contributed by atoms with van der Waals surface area (Å²) >= 11 is 5.91. The highest BCUT2D eigenvalue weighted by atomic mass is 35.5. The van der Waals surface area contributed by atoms with E-state index in [0.717, 1.165) is 11.1 Å². The third kappa shape index (κ3) is 2.64. The first-order valence-corrected chi connectivity index (χ1v) is 6.26. The van der Waals surface area contributed by atoms with E-state index in [1.807, 2.05) is 32.9 Å². The maximum atomic E-state index is 11.9. The van der Waals surface area contributed by atoms with Gasteiger partial charge in [-0.05, 0) is 44.0 Å². The van der Waals surface area contributed by atoms with Crippen LogP contribution in [0.5, 0.6) is 0 Å². The SMILES string of the molecule is Cc1cc(Cl)ccc1C1N=C(NC(C)C)NC1=O. The molecule has 0 radical (unpaired) electrons. The second-order valence-corrected chi connectivity index (χ2v) is 5.11. The molecule has 1 amide bonds. The molecule has 1 heterocycles. The smallest absolute Gasteiger partial charge is 0.256 e. The van der Waals surface area contributed by atoms with Crippen molar-refractivity contribution in [3.63, 3.8) is 0 Å². The lowest BCUT2D eigenvalue weighted by Gasteiger charge is -2.08. The van der Waals surface area contributed by atoms with Gasteiger partial charge in [-0.15, -0.1) is 0 Å². The van der Waals surface area contributed by atoms with Crippen molar-refractivity contribution in [3.8, 4) is 0 Å². The molecule has 5 heteroatoms. The van der Waals surface area contributed by atoms with Crippen molar-refractivity contribution in [1.29, 1.82) is 0 Å². The average Bonchev–Trinajstić information content (AvgIpc) is 2.58. The minimum Gasteiger partial charge on any atom is -0.354 e. The Morgan fingerprint density at radius 2 is 2.17 bits per heavy atom. The van der Waals surface area contributed by atoms with E-state index >= 15 is 0 Å². The first-order chi connectivity index (χ1) is 8.47. The predicted molar refractivity (Wildman–Crippen MR) is 72.8 cm³/mol. The quantitative estimate of drug-likeness (QED) is 0.861. The first-order valence-electron chi connectivity index (χ1n) is 5.88. The van der Waals surface area contributed by atoms with Crippen molar-refractivity contribution in [3.05, 3.63) is 34.3 Å². The van der Waals surface area contributed by atoms with Crippen molar-refractivity contribution in [1.82, 2.24) is 10.6 Å². The molecule has 0 spiro atoms. The molecule has 1 aliphatic heterocycles. The van der Waals surface area contributed by atoms with Gasteiger partial charge in [0.05, 0.1) is 0 Å². The fourth-order valence-corrected chi connectivity index (χ4v) is 2.14. The zero-order chi connectivity index (χ0) is 13.3. The van der Waals surface area contributed by atoms with Crippen molar-refractivity contribution >= 4 is 23.5 Å². The molecule has 1 atom stereocenters. The average molecular weight is 266 g/mol. The van der Waals surface area contributed by atoms with Crippen LogP contribution in [0.25, 0.3) is 0 Å². The Labute approximate surface area is 111 Å². The number of carbonyl (C=O) groups is 1. The molecule has 0 saturated carbocycles. The summed E-state index contributed by atoms with van der Waals surface area (Å²) in [5.74, 6) is 0.429. The number of benzene rings is 1. The zero-order valence-electron chi connectivity index (χ0n) is 10.6. The molecule has 0 fully saturated rings. The number of hydrogen-bond donors (Lipinski definition) is 2. The summed E-state index contributed by atoms with van der Waals surface area (Å²) in [4.78, 5) is 16.3. The molecule has 0 aliphatic carbocycles. The van der Waals surface area contributed by atoms with Gasteiger partial charge in [-0.1, -0.05) is 17.7 Å². The Bertz CT molecular complexity index is 511. The van der Waals surface area contributed by atoms with Gasteiger partial charge >= 0.3 is 0 Å². The Kier molecular flexibility index (Phi) is 3.57. The van der Waals surface area contributed by atoms with Crippen LogP contribution >= 0.6 is 11.6 Å². The summed E-state index contributed by atoms with van der Waals surface area (Å²) in [6.07, 6.45) is 0. The number of amides is 1. The van der Waals surface area contributed by atoms with Crippen molar-refractivity contribution in [2.75, 3.05) is 0 Å². The molecule has 2 N–H and O–H groups in total. The van der Waals surface area contributed by atoms with E-state index in [2.05, 4.69) is 15.6 Å². The largest absolute Gasteiger partial charge is 0.354 e. The predicted octanol–water partition coefficient (Wildman–Crippen LogP) is 2.17. The number of nitrogens with one attached hydrogen (secondary N) is 2. The van der Waals surface area contributed by atoms with Gasteiger partial charge in [0.25, 0.3) is 5.91 Å². The monoisotopic (exact) mass is 265 g/mol. The number of halogens is 1. The Morgan fingerprint density at radius 1 is 1.44 bits per heavy atom. The molecule has 1 unspecified atom stereocenters. The maximum Gasteiger partial charge on any atom is 0.256 e. The highest BCUT2D eigenvalue weighted by Gasteiger charge is 2.29. The highest BCUT2D eigenvalue weighted by Crippen LogP contribution is 2.26. The molecule has 0 bridgehead atoms. The van der Waals surface area contributed by atoms with Gasteiger partial charge in [-0.25, -0.2) is 4.99 Å². The van der Waals surface area contributed by atoms with E-state index in [0.29, 0.717) is 11.0 Å². The van der Waals surface area contributed by atoms with Gasteiger partial charge in [0.15, 0.2) is 12.0 Å². The van der Waals surface area contributed by atoms with Crippen LogP contribution in [0.1, 0.15) is 31.0 Å². The van der Waals surface area contributed by atoms with E-state index in [4.69, 9.17) is 11.6 Å². The topological polar surface area (TPSA) is 53.5 Å². The zero-order valence-corrected chi connectivity index (χ0v) is 11.4. The van der Waals surface area contributed by atoms with Crippen molar-refractivity contribution in [2.45, 2.75) is 32.9 Å². The summed E-state index contributed by atoms with van der Waals surface area (Å²) in [6.45, 7) is 5.92. The molecule has 0 saturated heterocycles. The standard InChI is InChI=1S/C13H16ClN3O/c1-7(2)15-13-16-11(12(18)17-13)10-5-4-9(14)6-8(10)3/h4-7,11H,1-3H3,(H2,15,16,17,18). The number of nitrogens with zero attached hydrogens (tertiary/aromatic N) is 1. The van der Waals surface area contributed by atoms with Gasteiger partial charge in [0.2, 0.25) is 0 Å². The number of hydrogen-bond acceptors (Lipinski definition) is 3. The van der Waals surface area contributed by atoms with E-state index in [-0.39, 0.29) is 11.9 Å². The third-order valence-corrected chi connectivity index (χ3v) is 2.94. The minimum atomic E-state index is -0.483. The summed E-state index contributed by atoms with van der Waals surface area (Å²) in [7, 11) is 0.